The Morgan fingerprint density at radius 1 is 1.40 bits per heavy atom. The predicted octanol–water partition coefficient (Wildman–Crippen LogP) is 2.55. The molecule has 2 saturated heterocycles. The van der Waals surface area contributed by atoms with Gasteiger partial charge in [-0.2, -0.15) is 13.2 Å². The molecule has 8 nitrogen and oxygen atoms in total. The number of hydrogen-bond donors (Lipinski definition) is 3. The van der Waals surface area contributed by atoms with Gasteiger partial charge in [-0.05, 0) is 47.9 Å². The number of esters is 1. The lowest BCUT2D eigenvalue weighted by atomic mass is 9.76. The SMILES string of the molecule is O=C(NCC1CC2(CCNCC2)C(=O)O1)c1cc(Cl)c(Br)cn1.O=C(O)C(F)(F)F. The van der Waals surface area contributed by atoms with E-state index in [9.17, 15) is 22.8 Å². The number of pyridine rings is 1. The number of halogens is 5. The minimum Gasteiger partial charge on any atom is -0.475 e. The van der Waals surface area contributed by atoms with E-state index in [1.54, 1.807) is 0 Å². The summed E-state index contributed by atoms with van der Waals surface area (Å²) in [6.45, 7) is 1.94. The first-order valence-corrected chi connectivity index (χ1v) is 9.93. The zero-order valence-electron chi connectivity index (χ0n) is 15.4. The smallest absolute Gasteiger partial charge is 0.475 e. The summed E-state index contributed by atoms with van der Waals surface area (Å²) in [5, 5.41) is 13.6. The Bertz CT molecular complexity index is 818. The fourth-order valence-corrected chi connectivity index (χ4v) is 3.47. The van der Waals surface area contributed by atoms with Gasteiger partial charge in [0.2, 0.25) is 0 Å². The first kappa shape index (κ1) is 24.4. The molecule has 3 rings (SSSR count). The lowest BCUT2D eigenvalue weighted by Crippen LogP contribution is -2.39. The summed E-state index contributed by atoms with van der Waals surface area (Å²) in [5.41, 5.74) is -0.140. The number of amides is 1. The maximum Gasteiger partial charge on any atom is 0.490 e. The van der Waals surface area contributed by atoms with E-state index < -0.39 is 12.1 Å². The average molecular weight is 517 g/mol. The molecule has 0 aromatic carbocycles. The summed E-state index contributed by atoms with van der Waals surface area (Å²) in [6.07, 6.45) is -1.64. The van der Waals surface area contributed by atoms with Crippen LogP contribution in [-0.4, -0.2) is 59.9 Å². The number of aromatic nitrogens is 1. The molecule has 30 heavy (non-hydrogen) atoms. The van der Waals surface area contributed by atoms with Crippen molar-refractivity contribution >= 4 is 45.4 Å². The van der Waals surface area contributed by atoms with Crippen molar-refractivity contribution in [3.63, 3.8) is 0 Å². The third kappa shape index (κ3) is 6.29. The number of nitrogens with zero attached hydrogens (tertiary/aromatic N) is 1. The molecule has 1 atom stereocenters. The van der Waals surface area contributed by atoms with E-state index in [4.69, 9.17) is 26.2 Å². The predicted molar refractivity (Wildman–Crippen MR) is 102 cm³/mol. The monoisotopic (exact) mass is 515 g/mol. The largest absolute Gasteiger partial charge is 0.490 e. The highest BCUT2D eigenvalue weighted by molar-refractivity contribution is 9.10. The highest BCUT2D eigenvalue weighted by atomic mass is 79.9. The standard InChI is InChI=1S/C15H17BrClN3O3.C2HF3O2/c16-10-8-19-12(5-11(10)17)13(21)20-7-9-6-15(14(22)23-9)1-3-18-4-2-15;3-2(4,5)1(6)7/h5,8-9,18H,1-4,6-7H2,(H,20,21);(H,6,7). The zero-order chi connectivity index (χ0) is 22.5. The van der Waals surface area contributed by atoms with Crippen LogP contribution in [0.25, 0.3) is 0 Å². The molecule has 166 valence electrons. The van der Waals surface area contributed by atoms with Crippen molar-refractivity contribution in [1.82, 2.24) is 15.6 Å². The van der Waals surface area contributed by atoms with Crippen molar-refractivity contribution in [2.75, 3.05) is 19.6 Å². The Balaban J connectivity index is 0.000000396. The molecule has 2 aliphatic rings. The molecule has 1 aromatic heterocycles. The van der Waals surface area contributed by atoms with Gasteiger partial charge in [0.1, 0.15) is 11.8 Å². The molecule has 0 bridgehead atoms. The maximum atomic E-state index is 12.2. The molecule has 13 heteroatoms. The van der Waals surface area contributed by atoms with Crippen LogP contribution in [0.1, 0.15) is 29.8 Å². The fraction of sp³-hybridized carbons (Fsp3) is 0.529. The lowest BCUT2D eigenvalue weighted by Gasteiger charge is -2.29. The number of carbonyl (C=O) groups is 3. The second-order valence-corrected chi connectivity index (χ2v) is 8.02. The highest BCUT2D eigenvalue weighted by Gasteiger charge is 2.49. The van der Waals surface area contributed by atoms with Crippen molar-refractivity contribution in [3.05, 3.63) is 27.5 Å². The number of ether oxygens (including phenoxy) is 1. The second-order valence-electron chi connectivity index (χ2n) is 6.76. The van der Waals surface area contributed by atoms with Gasteiger partial charge in [0.15, 0.2) is 0 Å². The molecule has 1 spiro atoms. The summed E-state index contributed by atoms with van der Waals surface area (Å²) in [4.78, 5) is 37.2. The molecular formula is C17H18BrClF3N3O5. The van der Waals surface area contributed by atoms with Gasteiger partial charge in [-0.1, -0.05) is 11.6 Å². The van der Waals surface area contributed by atoms with Crippen LogP contribution in [0.5, 0.6) is 0 Å². The van der Waals surface area contributed by atoms with E-state index in [2.05, 4.69) is 31.5 Å². The number of alkyl halides is 3. The molecule has 0 aliphatic carbocycles. The van der Waals surface area contributed by atoms with Crippen LogP contribution in [0.4, 0.5) is 13.2 Å². The highest BCUT2D eigenvalue weighted by Crippen LogP contribution is 2.41. The number of carboxylic acids is 1. The molecule has 3 heterocycles. The molecule has 1 amide bonds. The molecule has 0 radical (unpaired) electrons. The third-order valence-electron chi connectivity index (χ3n) is 4.66. The Labute approximate surface area is 182 Å². The van der Waals surface area contributed by atoms with Crippen LogP contribution >= 0.6 is 27.5 Å². The molecule has 1 unspecified atom stereocenters. The Hall–Kier alpha value is -1.92. The van der Waals surface area contributed by atoms with Gasteiger partial charge >= 0.3 is 18.1 Å². The van der Waals surface area contributed by atoms with Gasteiger partial charge in [-0.3, -0.25) is 9.59 Å². The van der Waals surface area contributed by atoms with Crippen LogP contribution < -0.4 is 10.6 Å². The average Bonchev–Trinajstić information content (AvgIpc) is 2.97. The number of rotatable bonds is 3. The van der Waals surface area contributed by atoms with Crippen LogP contribution in [0.15, 0.2) is 16.7 Å². The van der Waals surface area contributed by atoms with E-state index >= 15 is 0 Å². The number of carboxylic acid groups (broad SMARTS) is 1. The summed E-state index contributed by atoms with van der Waals surface area (Å²) in [6, 6.07) is 1.50. The first-order valence-electron chi connectivity index (χ1n) is 8.76. The van der Waals surface area contributed by atoms with Gasteiger partial charge in [0.25, 0.3) is 5.91 Å². The second kappa shape index (κ2) is 9.92. The number of hydrogen-bond acceptors (Lipinski definition) is 6. The van der Waals surface area contributed by atoms with Crippen LogP contribution in [0.3, 0.4) is 0 Å². The van der Waals surface area contributed by atoms with E-state index in [0.717, 1.165) is 25.9 Å². The Morgan fingerprint density at radius 3 is 2.53 bits per heavy atom. The van der Waals surface area contributed by atoms with Crippen molar-refractivity contribution in [3.8, 4) is 0 Å². The Morgan fingerprint density at radius 2 is 2.00 bits per heavy atom. The minimum absolute atomic E-state index is 0.136. The van der Waals surface area contributed by atoms with E-state index in [1.165, 1.54) is 12.3 Å². The molecule has 1 aromatic rings. The molecule has 3 N–H and O–H groups in total. The quantitative estimate of drug-likeness (QED) is 0.529. The van der Waals surface area contributed by atoms with Crippen molar-refractivity contribution in [1.29, 1.82) is 0 Å². The van der Waals surface area contributed by atoms with E-state index in [0.29, 0.717) is 15.9 Å². The maximum absolute atomic E-state index is 12.2. The number of carbonyl (C=O) groups excluding carboxylic acids is 2. The summed E-state index contributed by atoms with van der Waals surface area (Å²) in [5.74, 6) is -3.22. The number of piperidine rings is 1. The van der Waals surface area contributed by atoms with Gasteiger partial charge < -0.3 is 20.5 Å². The van der Waals surface area contributed by atoms with Gasteiger partial charge in [0, 0.05) is 12.6 Å². The van der Waals surface area contributed by atoms with Gasteiger partial charge in [-0.15, -0.1) is 0 Å². The van der Waals surface area contributed by atoms with Crippen LogP contribution in [0.2, 0.25) is 5.02 Å². The topological polar surface area (TPSA) is 118 Å². The molecule has 0 saturated carbocycles. The zero-order valence-corrected chi connectivity index (χ0v) is 17.7. The minimum atomic E-state index is -5.08. The van der Waals surface area contributed by atoms with Gasteiger partial charge in [-0.25, -0.2) is 9.78 Å². The van der Waals surface area contributed by atoms with Crippen molar-refractivity contribution in [2.24, 2.45) is 5.41 Å². The van der Waals surface area contributed by atoms with Crippen molar-refractivity contribution < 1.29 is 37.4 Å². The van der Waals surface area contributed by atoms with Gasteiger partial charge in [0.05, 0.1) is 21.5 Å². The fourth-order valence-electron chi connectivity index (χ4n) is 3.10. The Kier molecular flexibility index (Phi) is 8.06. The van der Waals surface area contributed by atoms with Crippen LogP contribution in [-0.2, 0) is 14.3 Å². The first-order chi connectivity index (χ1) is 13.9. The third-order valence-corrected chi connectivity index (χ3v) is 5.83. The molecule has 2 aliphatic heterocycles. The molecule has 2 fully saturated rings. The normalized spacial score (nSPS) is 20.2. The van der Waals surface area contributed by atoms with Crippen LogP contribution in [0, 0.1) is 5.41 Å². The van der Waals surface area contributed by atoms with E-state index in [1.807, 2.05) is 0 Å². The van der Waals surface area contributed by atoms with E-state index in [-0.39, 0.29) is 35.6 Å². The lowest BCUT2D eigenvalue weighted by molar-refractivity contribution is -0.192. The number of nitrogens with one attached hydrogen (secondary N) is 2. The number of cyclic esters (lactones) is 1. The summed E-state index contributed by atoms with van der Waals surface area (Å²) in [7, 11) is 0. The molecular weight excluding hydrogens is 499 g/mol. The number of aliphatic carboxylic acids is 1. The summed E-state index contributed by atoms with van der Waals surface area (Å²) < 4.78 is 37.8. The summed E-state index contributed by atoms with van der Waals surface area (Å²) >= 11 is 9.19. The van der Waals surface area contributed by atoms with Crippen molar-refractivity contribution in [2.45, 2.75) is 31.5 Å².